The van der Waals surface area contributed by atoms with Gasteiger partial charge in [0.15, 0.2) is 0 Å². The maximum absolute atomic E-state index is 2.49. The number of nitrogens with zero attached hydrogens (tertiary/aromatic N) is 2. The van der Waals surface area contributed by atoms with Crippen LogP contribution in [0.4, 0.5) is 0 Å². The van der Waals surface area contributed by atoms with Gasteiger partial charge in [0.2, 0.25) is 0 Å². The number of benzene rings is 7. The Bertz CT molecular complexity index is 2920. The molecule has 0 radical (unpaired) electrons. The van der Waals surface area contributed by atoms with E-state index in [0.717, 1.165) is 0 Å². The van der Waals surface area contributed by atoms with Crippen LogP contribution in [0.1, 0.15) is 0 Å². The predicted molar refractivity (Wildman–Crippen MR) is 187 cm³/mol. The highest BCUT2D eigenvalue weighted by Crippen LogP contribution is 2.45. The normalized spacial score (nSPS) is 12.5. The van der Waals surface area contributed by atoms with Gasteiger partial charge < -0.3 is 8.80 Å². The van der Waals surface area contributed by atoms with Gasteiger partial charge in [-0.05, 0) is 52.6 Å². The third-order valence-corrected chi connectivity index (χ3v) is 9.98. The lowest BCUT2D eigenvalue weighted by atomic mass is 9.97. The van der Waals surface area contributed by atoms with E-state index in [1.54, 1.807) is 0 Å². The quantitative estimate of drug-likeness (QED) is 0.200. The van der Waals surface area contributed by atoms with Crippen LogP contribution in [-0.2, 0) is 0 Å². The fraction of sp³-hybridized carbons (Fsp3) is 0. The zero-order chi connectivity index (χ0) is 28.5. The molecule has 2 heteroatoms. The molecule has 11 aromatic rings. The molecule has 0 amide bonds. The molecule has 0 aliphatic carbocycles. The molecule has 202 valence electrons. The van der Waals surface area contributed by atoms with Crippen molar-refractivity contribution in [1.29, 1.82) is 0 Å². The first-order valence-corrected chi connectivity index (χ1v) is 15.3. The van der Waals surface area contributed by atoms with Crippen molar-refractivity contribution in [2.75, 3.05) is 0 Å². The molecule has 4 aromatic heterocycles. The monoisotopic (exact) mass is 556 g/mol. The molecular formula is C42H24N2. The molecule has 0 fully saturated rings. The summed E-state index contributed by atoms with van der Waals surface area (Å²) < 4.78 is 4.96. The first-order chi connectivity index (χ1) is 21.8. The van der Waals surface area contributed by atoms with E-state index < -0.39 is 0 Å². The van der Waals surface area contributed by atoms with Gasteiger partial charge in [-0.2, -0.15) is 0 Å². The lowest BCUT2D eigenvalue weighted by molar-refractivity contribution is 1.37. The minimum Gasteiger partial charge on any atom is -0.308 e. The Labute approximate surface area is 252 Å². The summed E-state index contributed by atoms with van der Waals surface area (Å²) in [6.45, 7) is 0. The van der Waals surface area contributed by atoms with Gasteiger partial charge in [-0.15, -0.1) is 0 Å². The summed E-state index contributed by atoms with van der Waals surface area (Å²) >= 11 is 0. The molecule has 4 heterocycles. The molecular weight excluding hydrogens is 532 g/mol. The van der Waals surface area contributed by atoms with Gasteiger partial charge in [-0.3, -0.25) is 0 Å². The van der Waals surface area contributed by atoms with Crippen LogP contribution in [0.2, 0.25) is 0 Å². The Morgan fingerprint density at radius 3 is 1.75 bits per heavy atom. The highest BCUT2D eigenvalue weighted by molar-refractivity contribution is 6.27. The van der Waals surface area contributed by atoms with E-state index in [0.29, 0.717) is 0 Å². The molecule has 0 N–H and O–H groups in total. The van der Waals surface area contributed by atoms with Gasteiger partial charge in [0, 0.05) is 43.1 Å². The average molecular weight is 557 g/mol. The average Bonchev–Trinajstić information content (AvgIpc) is 3.82. The first-order valence-electron chi connectivity index (χ1n) is 15.3. The maximum atomic E-state index is 2.49. The lowest BCUT2D eigenvalue weighted by Gasteiger charge is -2.08. The van der Waals surface area contributed by atoms with Crippen molar-refractivity contribution in [3.05, 3.63) is 146 Å². The summed E-state index contributed by atoms with van der Waals surface area (Å²) in [5.41, 5.74) is 12.7. The van der Waals surface area contributed by atoms with Crippen molar-refractivity contribution in [3.8, 4) is 22.3 Å². The van der Waals surface area contributed by atoms with Crippen LogP contribution >= 0.6 is 0 Å². The van der Waals surface area contributed by atoms with Gasteiger partial charge in [-0.25, -0.2) is 0 Å². The highest BCUT2D eigenvalue weighted by atomic mass is 14.9. The number of hydrogen-bond donors (Lipinski definition) is 0. The van der Waals surface area contributed by atoms with E-state index in [1.807, 2.05) is 0 Å². The van der Waals surface area contributed by atoms with Crippen LogP contribution in [0.3, 0.4) is 0 Å². The number of aromatic nitrogens is 2. The highest BCUT2D eigenvalue weighted by Gasteiger charge is 2.21. The van der Waals surface area contributed by atoms with Gasteiger partial charge >= 0.3 is 0 Å². The Balaban J connectivity index is 1.23. The Kier molecular flexibility index (Phi) is 4.10. The van der Waals surface area contributed by atoms with Crippen molar-refractivity contribution in [2.45, 2.75) is 0 Å². The van der Waals surface area contributed by atoms with Crippen LogP contribution in [0.5, 0.6) is 0 Å². The molecule has 0 aliphatic heterocycles. The summed E-state index contributed by atoms with van der Waals surface area (Å²) in [6, 6.07) is 53.8. The second kappa shape index (κ2) is 7.94. The zero-order valence-electron chi connectivity index (χ0n) is 23.8. The number of rotatable bonds is 2. The van der Waals surface area contributed by atoms with Crippen molar-refractivity contribution in [2.24, 2.45) is 0 Å². The molecule has 0 aliphatic rings. The summed E-state index contributed by atoms with van der Waals surface area (Å²) in [7, 11) is 0. The maximum Gasteiger partial charge on any atom is 0.0620 e. The van der Waals surface area contributed by atoms with E-state index in [-0.39, 0.29) is 0 Å². The van der Waals surface area contributed by atoms with Crippen LogP contribution in [-0.4, -0.2) is 8.80 Å². The smallest absolute Gasteiger partial charge is 0.0620 e. The third kappa shape index (κ3) is 2.68. The molecule has 0 saturated heterocycles. The van der Waals surface area contributed by atoms with Crippen LogP contribution in [0, 0.1) is 0 Å². The summed E-state index contributed by atoms with van der Waals surface area (Å²) in [4.78, 5) is 0. The number of fused-ring (bicyclic) bond motifs is 12. The van der Waals surface area contributed by atoms with E-state index in [4.69, 9.17) is 0 Å². The van der Waals surface area contributed by atoms with Gasteiger partial charge in [-0.1, -0.05) is 115 Å². The largest absolute Gasteiger partial charge is 0.308 e. The van der Waals surface area contributed by atoms with E-state index >= 15 is 0 Å². The second-order valence-electron chi connectivity index (χ2n) is 12.1. The van der Waals surface area contributed by atoms with Crippen LogP contribution in [0.15, 0.2) is 146 Å². The first kappa shape index (κ1) is 22.7. The Hall–Kier alpha value is -5.86. The minimum atomic E-state index is 1.25. The molecule has 0 spiro atoms. The molecule has 0 bridgehead atoms. The van der Waals surface area contributed by atoms with Crippen molar-refractivity contribution < 1.29 is 0 Å². The molecule has 7 aromatic carbocycles. The van der Waals surface area contributed by atoms with E-state index in [2.05, 4.69) is 154 Å². The molecule has 0 atom stereocenters. The lowest BCUT2D eigenvalue weighted by Crippen LogP contribution is -1.85. The standard InChI is InChI=1S/C42H24N2/c1-2-9-25(10-3-1)26-20-22-37-35(23-26)33-15-6-13-32-30-21-19-27(24-39(30)44(37)41(32)33)28-12-8-18-38-40(28)34-16-7-14-31-29-11-4-5-17-36(29)43(38)42(31)34/h1-24H. The minimum absolute atomic E-state index is 1.25. The molecule has 11 rings (SSSR count). The third-order valence-electron chi connectivity index (χ3n) is 9.98. The number of hydrogen-bond acceptors (Lipinski definition) is 0. The van der Waals surface area contributed by atoms with E-state index in [9.17, 15) is 0 Å². The predicted octanol–water partition coefficient (Wildman–Crippen LogP) is 11.3. The molecule has 0 unspecified atom stereocenters. The van der Waals surface area contributed by atoms with E-state index in [1.165, 1.54) is 98.4 Å². The van der Waals surface area contributed by atoms with Crippen LogP contribution in [0.25, 0.3) is 98.4 Å². The molecule has 2 nitrogen and oxygen atoms in total. The molecule has 0 saturated carbocycles. The van der Waals surface area contributed by atoms with Gasteiger partial charge in [0.25, 0.3) is 0 Å². The van der Waals surface area contributed by atoms with Crippen molar-refractivity contribution >= 4 is 76.2 Å². The van der Waals surface area contributed by atoms with Crippen molar-refractivity contribution in [3.63, 3.8) is 0 Å². The fourth-order valence-corrected chi connectivity index (χ4v) is 8.18. The van der Waals surface area contributed by atoms with Crippen molar-refractivity contribution in [1.82, 2.24) is 8.80 Å². The summed E-state index contributed by atoms with van der Waals surface area (Å²) in [5.74, 6) is 0. The Morgan fingerprint density at radius 1 is 0.295 bits per heavy atom. The summed E-state index contributed by atoms with van der Waals surface area (Å²) in [5, 5.41) is 10.5. The van der Waals surface area contributed by atoms with Crippen LogP contribution < -0.4 is 0 Å². The molecule has 44 heavy (non-hydrogen) atoms. The zero-order valence-corrected chi connectivity index (χ0v) is 23.8. The topological polar surface area (TPSA) is 8.82 Å². The van der Waals surface area contributed by atoms with Gasteiger partial charge in [0.05, 0.1) is 33.1 Å². The second-order valence-corrected chi connectivity index (χ2v) is 12.1. The summed E-state index contributed by atoms with van der Waals surface area (Å²) in [6.07, 6.45) is 0. The fourth-order valence-electron chi connectivity index (χ4n) is 8.18. The van der Waals surface area contributed by atoms with Gasteiger partial charge in [0.1, 0.15) is 0 Å². The Morgan fingerprint density at radius 2 is 0.886 bits per heavy atom. The number of para-hydroxylation sites is 3. The SMILES string of the molecule is c1ccc(-c2ccc3c(c2)c2cccc4c5ccc(-c6cccc7c6c6cccc8c9ccccc9n7c86)cc5n3c24)cc1.